The lowest BCUT2D eigenvalue weighted by Crippen LogP contribution is -1.87. The first kappa shape index (κ1) is 6.95. The largest absolute Gasteiger partial charge is 0.495 e. The molecule has 4 heteroatoms. The molecule has 0 aliphatic carbocycles. The third kappa shape index (κ3) is 1.22. The summed E-state index contributed by atoms with van der Waals surface area (Å²) < 4.78 is 0. The third-order valence-electron chi connectivity index (χ3n) is 1.24. The van der Waals surface area contributed by atoms with Gasteiger partial charge in [0, 0.05) is 24.7 Å². The van der Waals surface area contributed by atoms with Gasteiger partial charge < -0.3 is 15.3 Å². The minimum Gasteiger partial charge on any atom is -0.495 e. The zero-order chi connectivity index (χ0) is 7.56. The molecule has 10 heavy (non-hydrogen) atoms. The van der Waals surface area contributed by atoms with Crippen molar-refractivity contribution in [1.82, 2.24) is 4.98 Å². The molecular formula is C6H9NO3. The summed E-state index contributed by atoms with van der Waals surface area (Å²) in [6, 6.07) is 1.38. The van der Waals surface area contributed by atoms with Crippen molar-refractivity contribution < 1.29 is 15.3 Å². The Balaban J connectivity index is 2.81. The lowest BCUT2D eigenvalue weighted by Gasteiger charge is -1.90. The molecule has 0 spiro atoms. The lowest BCUT2D eigenvalue weighted by molar-refractivity contribution is 0.297. The molecule has 0 bridgehead atoms. The van der Waals surface area contributed by atoms with Gasteiger partial charge in [-0.1, -0.05) is 0 Å². The highest BCUT2D eigenvalue weighted by Gasteiger charge is 2.03. The molecule has 1 aromatic rings. The van der Waals surface area contributed by atoms with E-state index in [2.05, 4.69) is 4.98 Å². The number of hydrogen-bond donors (Lipinski definition) is 4. The molecule has 1 rings (SSSR count). The van der Waals surface area contributed by atoms with Crippen LogP contribution in [-0.4, -0.2) is 26.9 Å². The summed E-state index contributed by atoms with van der Waals surface area (Å²) in [4.78, 5) is 2.29. The van der Waals surface area contributed by atoms with E-state index in [9.17, 15) is 0 Å². The number of aromatic hydroxyl groups is 2. The van der Waals surface area contributed by atoms with E-state index >= 15 is 0 Å². The molecular weight excluding hydrogens is 134 g/mol. The number of nitrogens with one attached hydrogen (secondary N) is 1. The second kappa shape index (κ2) is 2.62. The van der Waals surface area contributed by atoms with Crippen LogP contribution in [0.5, 0.6) is 11.8 Å². The first-order valence-electron chi connectivity index (χ1n) is 2.94. The second-order valence-corrected chi connectivity index (χ2v) is 2.00. The van der Waals surface area contributed by atoms with Crippen LogP contribution >= 0.6 is 0 Å². The smallest absolute Gasteiger partial charge is 0.194 e. The summed E-state index contributed by atoms with van der Waals surface area (Å²) in [7, 11) is 0. The monoisotopic (exact) mass is 143 g/mol. The summed E-state index contributed by atoms with van der Waals surface area (Å²) in [5.74, 6) is -0.160. The van der Waals surface area contributed by atoms with E-state index in [1.807, 2.05) is 0 Å². The highest BCUT2D eigenvalue weighted by atomic mass is 16.3. The van der Waals surface area contributed by atoms with Crippen molar-refractivity contribution in [2.45, 2.75) is 6.42 Å². The molecule has 0 atom stereocenters. The fraction of sp³-hybridized carbons (Fsp3) is 0.333. The maximum absolute atomic E-state index is 8.94. The van der Waals surface area contributed by atoms with Crippen molar-refractivity contribution in [2.75, 3.05) is 6.61 Å². The molecule has 0 aliphatic rings. The summed E-state index contributed by atoms with van der Waals surface area (Å²) >= 11 is 0. The molecule has 4 nitrogen and oxygen atoms in total. The third-order valence-corrected chi connectivity index (χ3v) is 1.24. The number of H-pyrrole nitrogens is 1. The van der Waals surface area contributed by atoms with E-state index in [1.54, 1.807) is 0 Å². The fourth-order valence-corrected chi connectivity index (χ4v) is 0.782. The molecule has 4 N–H and O–H groups in total. The van der Waals surface area contributed by atoms with Gasteiger partial charge in [-0.05, 0) is 0 Å². The quantitative estimate of drug-likeness (QED) is 0.469. The van der Waals surface area contributed by atoms with Gasteiger partial charge in [-0.2, -0.15) is 0 Å². The second-order valence-electron chi connectivity index (χ2n) is 2.00. The van der Waals surface area contributed by atoms with Crippen molar-refractivity contribution in [1.29, 1.82) is 0 Å². The van der Waals surface area contributed by atoms with E-state index < -0.39 is 0 Å². The van der Waals surface area contributed by atoms with Crippen molar-refractivity contribution in [3.8, 4) is 11.8 Å². The van der Waals surface area contributed by atoms with Gasteiger partial charge in [-0.25, -0.2) is 0 Å². The van der Waals surface area contributed by atoms with Crippen molar-refractivity contribution in [3.05, 3.63) is 11.6 Å². The van der Waals surface area contributed by atoms with Crippen LogP contribution in [-0.2, 0) is 6.42 Å². The summed E-state index contributed by atoms with van der Waals surface area (Å²) in [5, 5.41) is 26.1. The maximum Gasteiger partial charge on any atom is 0.194 e. The van der Waals surface area contributed by atoms with Gasteiger partial charge in [0.05, 0.1) is 0 Å². The van der Waals surface area contributed by atoms with Gasteiger partial charge in [0.1, 0.15) is 0 Å². The predicted molar refractivity (Wildman–Crippen MR) is 34.9 cm³/mol. The Morgan fingerprint density at radius 3 is 2.50 bits per heavy atom. The van der Waals surface area contributed by atoms with Crippen LogP contribution in [0.15, 0.2) is 6.07 Å². The number of aliphatic hydroxyl groups excluding tert-OH is 1. The molecule has 1 heterocycles. The van der Waals surface area contributed by atoms with E-state index in [1.165, 1.54) is 6.07 Å². The number of aromatic amines is 1. The van der Waals surface area contributed by atoms with Crippen LogP contribution in [0.1, 0.15) is 5.56 Å². The van der Waals surface area contributed by atoms with Crippen LogP contribution in [0, 0.1) is 0 Å². The first-order chi connectivity index (χ1) is 4.74. The van der Waals surface area contributed by atoms with Gasteiger partial charge >= 0.3 is 0 Å². The van der Waals surface area contributed by atoms with E-state index in [0.717, 1.165) is 0 Å². The molecule has 0 fully saturated rings. The SMILES string of the molecule is OCCc1cc(O)[nH]c1O. The minimum absolute atomic E-state index is 0.0369. The van der Waals surface area contributed by atoms with Crippen LogP contribution in [0.25, 0.3) is 0 Å². The number of rotatable bonds is 2. The Bertz CT molecular complexity index is 219. The highest BCUT2D eigenvalue weighted by Crippen LogP contribution is 2.21. The minimum atomic E-state index is -0.0825. The Morgan fingerprint density at radius 2 is 2.10 bits per heavy atom. The summed E-state index contributed by atoms with van der Waals surface area (Å²) in [6.45, 7) is -0.0369. The first-order valence-corrected chi connectivity index (χ1v) is 2.94. The molecule has 0 radical (unpaired) electrons. The van der Waals surface area contributed by atoms with Gasteiger partial charge in [0.2, 0.25) is 0 Å². The highest BCUT2D eigenvalue weighted by molar-refractivity contribution is 5.32. The van der Waals surface area contributed by atoms with Crippen LogP contribution in [0.2, 0.25) is 0 Å². The normalized spacial score (nSPS) is 10.1. The van der Waals surface area contributed by atoms with Gasteiger partial charge in [0.15, 0.2) is 11.8 Å². The zero-order valence-corrected chi connectivity index (χ0v) is 5.33. The maximum atomic E-state index is 8.94. The Kier molecular flexibility index (Phi) is 1.82. The van der Waals surface area contributed by atoms with Gasteiger partial charge in [-0.3, -0.25) is 4.98 Å². The Morgan fingerprint density at radius 1 is 1.40 bits per heavy atom. The average molecular weight is 143 g/mol. The van der Waals surface area contributed by atoms with Crippen LogP contribution in [0.3, 0.4) is 0 Å². The Hall–Kier alpha value is -1.16. The lowest BCUT2D eigenvalue weighted by atomic mass is 10.2. The average Bonchev–Trinajstić information content (AvgIpc) is 2.13. The molecule has 56 valence electrons. The molecule has 1 aromatic heterocycles. The van der Waals surface area contributed by atoms with Gasteiger partial charge in [-0.15, -0.1) is 0 Å². The predicted octanol–water partition coefficient (Wildman–Crippen LogP) is -0.0393. The molecule has 0 saturated heterocycles. The van der Waals surface area contributed by atoms with E-state index in [-0.39, 0.29) is 18.4 Å². The van der Waals surface area contributed by atoms with E-state index in [0.29, 0.717) is 12.0 Å². The molecule has 0 saturated carbocycles. The van der Waals surface area contributed by atoms with Crippen molar-refractivity contribution >= 4 is 0 Å². The molecule has 0 unspecified atom stereocenters. The summed E-state index contributed by atoms with van der Waals surface area (Å²) in [6.07, 6.45) is 0.350. The van der Waals surface area contributed by atoms with Crippen LogP contribution in [0.4, 0.5) is 0 Å². The van der Waals surface area contributed by atoms with Crippen LogP contribution < -0.4 is 0 Å². The molecule has 0 aliphatic heterocycles. The Labute approximate surface area is 57.8 Å². The van der Waals surface area contributed by atoms with Crippen molar-refractivity contribution in [2.24, 2.45) is 0 Å². The number of hydrogen-bond acceptors (Lipinski definition) is 3. The fourth-order valence-electron chi connectivity index (χ4n) is 0.782. The summed E-state index contributed by atoms with van der Waals surface area (Å²) in [5.41, 5.74) is 0.528. The molecule has 0 amide bonds. The zero-order valence-electron chi connectivity index (χ0n) is 5.33. The standard InChI is InChI=1S/C6H9NO3/c8-2-1-4-3-5(9)7-6(4)10/h3,7-10H,1-2H2. The number of aromatic nitrogens is 1. The topological polar surface area (TPSA) is 76.5 Å². The number of aliphatic hydroxyl groups is 1. The van der Waals surface area contributed by atoms with Crippen molar-refractivity contribution in [3.63, 3.8) is 0 Å². The van der Waals surface area contributed by atoms with Gasteiger partial charge in [0.25, 0.3) is 0 Å². The molecule has 0 aromatic carbocycles. The van der Waals surface area contributed by atoms with E-state index in [4.69, 9.17) is 15.3 Å².